The summed E-state index contributed by atoms with van der Waals surface area (Å²) in [6.07, 6.45) is 9.64. The number of aromatic nitrogens is 2. The van der Waals surface area contributed by atoms with Crippen LogP contribution in [0.5, 0.6) is 0 Å². The van der Waals surface area contributed by atoms with Gasteiger partial charge >= 0.3 is 0 Å². The highest BCUT2D eigenvalue weighted by atomic mass is 16.2. The monoisotopic (exact) mass is 337 g/mol. The molecular formula is C21H27N3O. The fraction of sp³-hybridized carbons (Fsp3) is 0.524. The van der Waals surface area contributed by atoms with Crippen molar-refractivity contribution >= 4 is 5.91 Å². The van der Waals surface area contributed by atoms with Crippen LogP contribution < -0.4 is 5.32 Å². The lowest BCUT2D eigenvalue weighted by atomic mass is 9.84. The number of nitrogens with zero attached hydrogens (tertiary/aromatic N) is 2. The third-order valence-electron chi connectivity index (χ3n) is 6.31. The maximum absolute atomic E-state index is 13.3. The van der Waals surface area contributed by atoms with E-state index in [2.05, 4.69) is 53.0 Å². The molecule has 25 heavy (non-hydrogen) atoms. The Morgan fingerprint density at radius 3 is 2.64 bits per heavy atom. The first-order chi connectivity index (χ1) is 12.1. The summed E-state index contributed by atoms with van der Waals surface area (Å²) in [5.41, 5.74) is 1.04. The third-order valence-corrected chi connectivity index (χ3v) is 6.31. The average molecular weight is 337 g/mol. The predicted molar refractivity (Wildman–Crippen MR) is 98.1 cm³/mol. The Labute approximate surface area is 149 Å². The van der Waals surface area contributed by atoms with Gasteiger partial charge in [0, 0.05) is 18.4 Å². The van der Waals surface area contributed by atoms with Crippen molar-refractivity contribution in [3.05, 3.63) is 54.1 Å². The normalized spacial score (nSPS) is 24.0. The van der Waals surface area contributed by atoms with E-state index in [1.54, 1.807) is 0 Å². The summed E-state index contributed by atoms with van der Waals surface area (Å²) in [4.78, 5) is 17.7. The number of imidazole rings is 1. The Morgan fingerprint density at radius 1 is 1.24 bits per heavy atom. The molecule has 1 N–H and O–H groups in total. The highest BCUT2D eigenvalue weighted by Gasteiger charge is 2.72. The summed E-state index contributed by atoms with van der Waals surface area (Å²) in [6, 6.07) is 10.7. The van der Waals surface area contributed by atoms with Crippen LogP contribution in [0.3, 0.4) is 0 Å². The molecule has 0 unspecified atom stereocenters. The molecule has 2 fully saturated rings. The predicted octanol–water partition coefficient (Wildman–Crippen LogP) is 3.98. The Morgan fingerprint density at radius 2 is 1.96 bits per heavy atom. The standard InChI is InChI=1S/C21H27N3O/c1-16(2)24-13-12-22-18(24)14-23-19(25)21(17-8-4-3-5-9-17)15-20(21)10-6-7-11-20/h3-5,8-9,12-13,16H,6-7,10-11,14-15H2,1-2H3,(H,23,25)/t21-/m0/s1. The molecule has 1 atom stereocenters. The summed E-state index contributed by atoms with van der Waals surface area (Å²) in [6.45, 7) is 4.76. The Kier molecular flexibility index (Phi) is 3.94. The highest BCUT2D eigenvalue weighted by Crippen LogP contribution is 2.72. The van der Waals surface area contributed by atoms with Crippen LogP contribution in [0, 0.1) is 5.41 Å². The zero-order valence-corrected chi connectivity index (χ0v) is 15.2. The molecule has 2 aromatic rings. The number of hydrogen-bond donors (Lipinski definition) is 1. The van der Waals surface area contributed by atoms with Gasteiger partial charge in [0.1, 0.15) is 5.82 Å². The molecule has 1 aromatic heterocycles. The second-order valence-electron chi connectivity index (χ2n) is 7.96. The van der Waals surface area contributed by atoms with Crippen molar-refractivity contribution in [3.63, 3.8) is 0 Å². The van der Waals surface area contributed by atoms with Crippen LogP contribution in [-0.2, 0) is 16.8 Å². The van der Waals surface area contributed by atoms with Gasteiger partial charge in [-0.05, 0) is 44.1 Å². The topological polar surface area (TPSA) is 46.9 Å². The molecule has 4 heteroatoms. The number of carbonyl (C=O) groups excluding carboxylic acids is 1. The first-order valence-corrected chi connectivity index (χ1v) is 9.45. The lowest BCUT2D eigenvalue weighted by molar-refractivity contribution is -0.124. The number of rotatable bonds is 5. The molecule has 1 aromatic carbocycles. The van der Waals surface area contributed by atoms with Gasteiger partial charge in [0.05, 0.1) is 12.0 Å². The maximum Gasteiger partial charge on any atom is 0.231 e. The molecule has 0 aliphatic heterocycles. The Bertz CT molecular complexity index is 758. The van der Waals surface area contributed by atoms with Crippen molar-refractivity contribution in [1.82, 2.24) is 14.9 Å². The molecule has 0 bridgehead atoms. The van der Waals surface area contributed by atoms with E-state index in [0.29, 0.717) is 12.6 Å². The second kappa shape index (κ2) is 6.01. The van der Waals surface area contributed by atoms with E-state index in [0.717, 1.165) is 12.2 Å². The van der Waals surface area contributed by atoms with Crippen LogP contribution in [0.1, 0.15) is 63.4 Å². The number of carbonyl (C=O) groups is 1. The van der Waals surface area contributed by atoms with Crippen LogP contribution in [-0.4, -0.2) is 15.5 Å². The highest BCUT2D eigenvalue weighted by molar-refractivity contribution is 5.93. The summed E-state index contributed by atoms with van der Waals surface area (Å²) in [5, 5.41) is 3.21. The van der Waals surface area contributed by atoms with Crippen LogP contribution in [0.2, 0.25) is 0 Å². The van der Waals surface area contributed by atoms with Gasteiger partial charge in [-0.3, -0.25) is 4.79 Å². The summed E-state index contributed by atoms with van der Waals surface area (Å²) in [5.74, 6) is 1.10. The molecule has 1 spiro atoms. The van der Waals surface area contributed by atoms with E-state index in [9.17, 15) is 4.79 Å². The molecule has 2 saturated carbocycles. The molecular weight excluding hydrogens is 310 g/mol. The van der Waals surface area contributed by atoms with Crippen LogP contribution in [0.15, 0.2) is 42.7 Å². The quantitative estimate of drug-likeness (QED) is 0.897. The van der Waals surface area contributed by atoms with E-state index in [1.165, 1.54) is 31.2 Å². The van der Waals surface area contributed by atoms with Crippen molar-refractivity contribution in [2.45, 2.75) is 64.0 Å². The van der Waals surface area contributed by atoms with Gasteiger partial charge in [0.25, 0.3) is 0 Å². The largest absolute Gasteiger partial charge is 0.348 e. The SMILES string of the molecule is CC(C)n1ccnc1CNC(=O)[C@@]1(c2ccccc2)CC12CCCC2. The molecule has 1 amide bonds. The van der Waals surface area contributed by atoms with Gasteiger partial charge in [-0.1, -0.05) is 43.2 Å². The molecule has 2 aliphatic rings. The minimum Gasteiger partial charge on any atom is -0.348 e. The van der Waals surface area contributed by atoms with Gasteiger partial charge in [0.15, 0.2) is 0 Å². The van der Waals surface area contributed by atoms with E-state index < -0.39 is 0 Å². The Hall–Kier alpha value is -2.10. The van der Waals surface area contributed by atoms with Crippen LogP contribution in [0.4, 0.5) is 0 Å². The van der Waals surface area contributed by atoms with E-state index >= 15 is 0 Å². The van der Waals surface area contributed by atoms with Gasteiger partial charge in [-0.15, -0.1) is 0 Å². The first kappa shape index (κ1) is 16.4. The minimum absolute atomic E-state index is 0.180. The summed E-state index contributed by atoms with van der Waals surface area (Å²) < 4.78 is 2.12. The van der Waals surface area contributed by atoms with Crippen LogP contribution >= 0.6 is 0 Å². The number of benzene rings is 1. The van der Waals surface area contributed by atoms with Gasteiger partial charge < -0.3 is 9.88 Å². The first-order valence-electron chi connectivity index (χ1n) is 9.45. The molecule has 2 aliphatic carbocycles. The van der Waals surface area contributed by atoms with E-state index in [1.807, 2.05) is 18.5 Å². The molecule has 4 rings (SSSR count). The van der Waals surface area contributed by atoms with Crippen molar-refractivity contribution in [1.29, 1.82) is 0 Å². The fourth-order valence-electron chi connectivity index (χ4n) is 4.96. The second-order valence-corrected chi connectivity index (χ2v) is 7.96. The van der Waals surface area contributed by atoms with Crippen molar-refractivity contribution in [3.8, 4) is 0 Å². The van der Waals surface area contributed by atoms with Crippen molar-refractivity contribution in [2.24, 2.45) is 5.41 Å². The fourth-order valence-corrected chi connectivity index (χ4v) is 4.96. The van der Waals surface area contributed by atoms with E-state index in [-0.39, 0.29) is 16.7 Å². The summed E-state index contributed by atoms with van der Waals surface area (Å²) in [7, 11) is 0. The average Bonchev–Trinajstić information content (AvgIpc) is 2.97. The number of nitrogens with one attached hydrogen (secondary N) is 1. The van der Waals surface area contributed by atoms with Gasteiger partial charge in [-0.25, -0.2) is 4.98 Å². The van der Waals surface area contributed by atoms with E-state index in [4.69, 9.17) is 0 Å². The number of hydrogen-bond acceptors (Lipinski definition) is 2. The molecule has 132 valence electrons. The Balaban J connectivity index is 1.57. The van der Waals surface area contributed by atoms with Crippen LogP contribution in [0.25, 0.3) is 0 Å². The zero-order chi connectivity index (χ0) is 17.5. The lowest BCUT2D eigenvalue weighted by Gasteiger charge is -2.23. The zero-order valence-electron chi connectivity index (χ0n) is 15.2. The summed E-state index contributed by atoms with van der Waals surface area (Å²) >= 11 is 0. The minimum atomic E-state index is -0.333. The molecule has 0 saturated heterocycles. The molecule has 1 heterocycles. The van der Waals surface area contributed by atoms with Gasteiger partial charge in [-0.2, -0.15) is 0 Å². The van der Waals surface area contributed by atoms with Crippen molar-refractivity contribution in [2.75, 3.05) is 0 Å². The third kappa shape index (κ3) is 2.50. The molecule has 0 radical (unpaired) electrons. The van der Waals surface area contributed by atoms with Gasteiger partial charge in [0.2, 0.25) is 5.91 Å². The molecule has 4 nitrogen and oxygen atoms in total. The smallest absolute Gasteiger partial charge is 0.231 e. The maximum atomic E-state index is 13.3. The lowest BCUT2D eigenvalue weighted by Crippen LogP contribution is -2.38. The number of amides is 1. The van der Waals surface area contributed by atoms with Crippen molar-refractivity contribution < 1.29 is 4.79 Å².